The average Bonchev–Trinajstić information content (AvgIpc) is 2.68. The van der Waals surface area contributed by atoms with Crippen LogP contribution in [0.15, 0.2) is 95.6 Å². The summed E-state index contributed by atoms with van der Waals surface area (Å²) < 4.78 is 13.0. The second kappa shape index (κ2) is 7.85. The number of rotatable bonds is 4. The molecule has 0 atom stereocenters. The van der Waals surface area contributed by atoms with Crippen LogP contribution in [0.3, 0.4) is 0 Å². The summed E-state index contributed by atoms with van der Waals surface area (Å²) in [6.07, 6.45) is 1.64. The lowest BCUT2D eigenvalue weighted by Crippen LogP contribution is -2.03. The molecule has 0 aliphatic heterocycles. The summed E-state index contributed by atoms with van der Waals surface area (Å²) in [6, 6.07) is 27.5. The van der Waals surface area contributed by atoms with E-state index in [1.165, 1.54) is 12.1 Å². The minimum Gasteiger partial charge on any atom is -0.236 e. The van der Waals surface area contributed by atoms with Crippen molar-refractivity contribution in [2.75, 3.05) is 0 Å². The van der Waals surface area contributed by atoms with Gasteiger partial charge in [-0.1, -0.05) is 72.8 Å². The van der Waals surface area contributed by atoms with Crippen molar-refractivity contribution in [2.45, 2.75) is 0 Å². The van der Waals surface area contributed by atoms with Gasteiger partial charge < -0.3 is 0 Å². The lowest BCUT2D eigenvalue weighted by molar-refractivity contribution is 0.628. The van der Waals surface area contributed by atoms with Gasteiger partial charge in [0.1, 0.15) is 17.6 Å². The molecule has 120 valence electrons. The third kappa shape index (κ3) is 4.27. The van der Waals surface area contributed by atoms with Crippen molar-refractivity contribution in [1.82, 2.24) is 0 Å². The SMILES string of the molecule is N#C/C(=C/c1ccc(F)cc1)N=C(c1ccccc1)c1ccccc1. The molecule has 0 aliphatic rings. The lowest BCUT2D eigenvalue weighted by Gasteiger charge is -2.07. The molecule has 3 heteroatoms. The molecule has 3 rings (SSSR count). The van der Waals surface area contributed by atoms with Crippen molar-refractivity contribution < 1.29 is 4.39 Å². The van der Waals surface area contributed by atoms with Crippen molar-refractivity contribution in [2.24, 2.45) is 4.99 Å². The Labute approximate surface area is 146 Å². The normalized spacial score (nSPS) is 10.8. The Hall–Kier alpha value is -3.51. The molecule has 3 aromatic rings. The summed E-state index contributed by atoms with van der Waals surface area (Å²) in [6.45, 7) is 0. The zero-order chi connectivity index (χ0) is 17.5. The van der Waals surface area contributed by atoms with Crippen molar-refractivity contribution in [3.63, 3.8) is 0 Å². The van der Waals surface area contributed by atoms with E-state index in [0.717, 1.165) is 22.4 Å². The third-order valence-corrected chi connectivity index (χ3v) is 3.61. The Morgan fingerprint density at radius 1 is 0.800 bits per heavy atom. The van der Waals surface area contributed by atoms with Crippen LogP contribution in [0.25, 0.3) is 6.08 Å². The van der Waals surface area contributed by atoms with E-state index in [1.54, 1.807) is 18.2 Å². The van der Waals surface area contributed by atoms with Crippen molar-refractivity contribution in [1.29, 1.82) is 5.26 Å². The molecule has 0 aromatic heterocycles. The van der Waals surface area contributed by atoms with Crippen LogP contribution in [0.4, 0.5) is 4.39 Å². The Morgan fingerprint density at radius 2 is 1.32 bits per heavy atom. The van der Waals surface area contributed by atoms with Gasteiger partial charge in [0.15, 0.2) is 0 Å². The van der Waals surface area contributed by atoms with Gasteiger partial charge in [-0.05, 0) is 23.8 Å². The number of hydrogen-bond acceptors (Lipinski definition) is 2. The van der Waals surface area contributed by atoms with E-state index < -0.39 is 0 Å². The maximum atomic E-state index is 13.0. The van der Waals surface area contributed by atoms with Crippen LogP contribution in [0.1, 0.15) is 16.7 Å². The van der Waals surface area contributed by atoms with Gasteiger partial charge in [-0.3, -0.25) is 0 Å². The summed E-state index contributed by atoms with van der Waals surface area (Å²) in [5, 5.41) is 9.49. The highest BCUT2D eigenvalue weighted by atomic mass is 19.1. The van der Waals surface area contributed by atoms with Gasteiger partial charge in [0.2, 0.25) is 0 Å². The first-order valence-corrected chi connectivity index (χ1v) is 7.83. The predicted octanol–water partition coefficient (Wildman–Crippen LogP) is 5.23. The highest BCUT2D eigenvalue weighted by molar-refractivity contribution is 6.13. The standard InChI is InChI=1S/C22H15FN2/c23-20-13-11-17(12-14-20)15-21(16-24)25-22(18-7-3-1-4-8-18)19-9-5-2-6-10-19/h1-15H/b21-15-. The molecular weight excluding hydrogens is 311 g/mol. The highest BCUT2D eigenvalue weighted by Gasteiger charge is 2.07. The van der Waals surface area contributed by atoms with Gasteiger partial charge in [-0.25, -0.2) is 9.38 Å². The Kier molecular flexibility index (Phi) is 5.13. The number of aliphatic imine (C=N–C) groups is 1. The summed E-state index contributed by atoms with van der Waals surface area (Å²) in [7, 11) is 0. The fourth-order valence-electron chi connectivity index (χ4n) is 2.41. The number of benzene rings is 3. The molecule has 0 saturated heterocycles. The largest absolute Gasteiger partial charge is 0.236 e. The molecule has 0 bridgehead atoms. The fraction of sp³-hybridized carbons (Fsp3) is 0. The number of nitriles is 1. The zero-order valence-corrected chi connectivity index (χ0v) is 13.4. The summed E-state index contributed by atoms with van der Waals surface area (Å²) in [5.74, 6) is -0.312. The van der Waals surface area contributed by atoms with Gasteiger partial charge in [0, 0.05) is 11.1 Å². The average molecular weight is 326 g/mol. The van der Waals surface area contributed by atoms with Gasteiger partial charge in [0.05, 0.1) is 5.71 Å². The first-order valence-electron chi connectivity index (χ1n) is 7.83. The van der Waals surface area contributed by atoms with Crippen LogP contribution in [0.5, 0.6) is 0 Å². The van der Waals surface area contributed by atoms with Crippen molar-refractivity contribution in [3.8, 4) is 6.07 Å². The van der Waals surface area contributed by atoms with Crippen LogP contribution in [0, 0.1) is 17.1 Å². The molecule has 0 radical (unpaired) electrons. The predicted molar refractivity (Wildman–Crippen MR) is 98.5 cm³/mol. The molecule has 0 heterocycles. The maximum Gasteiger partial charge on any atom is 0.141 e. The minimum absolute atomic E-state index is 0.259. The van der Waals surface area contributed by atoms with Crippen LogP contribution in [0.2, 0.25) is 0 Å². The number of allylic oxidation sites excluding steroid dienone is 1. The third-order valence-electron chi connectivity index (χ3n) is 3.61. The van der Waals surface area contributed by atoms with E-state index in [2.05, 4.69) is 11.1 Å². The molecule has 0 fully saturated rings. The molecule has 0 N–H and O–H groups in total. The van der Waals surface area contributed by atoms with Crippen molar-refractivity contribution in [3.05, 3.63) is 113 Å². The molecule has 3 aromatic carbocycles. The van der Waals surface area contributed by atoms with E-state index in [0.29, 0.717) is 0 Å². The number of halogens is 1. The van der Waals surface area contributed by atoms with Crippen LogP contribution >= 0.6 is 0 Å². The number of hydrogen-bond donors (Lipinski definition) is 0. The Balaban J connectivity index is 2.08. The maximum absolute atomic E-state index is 13.0. The van der Waals surface area contributed by atoms with Crippen LogP contribution in [-0.4, -0.2) is 5.71 Å². The van der Waals surface area contributed by atoms with Gasteiger partial charge in [-0.15, -0.1) is 0 Å². The second-order valence-corrected chi connectivity index (χ2v) is 5.39. The van der Waals surface area contributed by atoms with E-state index >= 15 is 0 Å². The van der Waals surface area contributed by atoms with Gasteiger partial charge in [0.25, 0.3) is 0 Å². The molecular formula is C22H15FN2. The molecule has 2 nitrogen and oxygen atoms in total. The molecule has 0 amide bonds. The summed E-state index contributed by atoms with van der Waals surface area (Å²) in [5.41, 5.74) is 3.55. The number of nitrogens with zero attached hydrogens (tertiary/aromatic N) is 2. The minimum atomic E-state index is -0.312. The molecule has 0 spiro atoms. The quantitative estimate of drug-likeness (QED) is 0.478. The Morgan fingerprint density at radius 3 is 1.80 bits per heavy atom. The zero-order valence-electron chi connectivity index (χ0n) is 13.4. The highest BCUT2D eigenvalue weighted by Crippen LogP contribution is 2.15. The van der Waals surface area contributed by atoms with Gasteiger partial charge in [-0.2, -0.15) is 5.26 Å². The summed E-state index contributed by atoms with van der Waals surface area (Å²) in [4.78, 5) is 4.58. The van der Waals surface area contributed by atoms with Crippen molar-refractivity contribution >= 4 is 11.8 Å². The smallest absolute Gasteiger partial charge is 0.141 e. The molecule has 0 aliphatic carbocycles. The topological polar surface area (TPSA) is 36.1 Å². The van der Waals surface area contributed by atoms with E-state index in [-0.39, 0.29) is 11.5 Å². The monoisotopic (exact) mass is 326 g/mol. The lowest BCUT2D eigenvalue weighted by atomic mass is 10.0. The van der Waals surface area contributed by atoms with E-state index in [4.69, 9.17) is 0 Å². The van der Waals surface area contributed by atoms with Crippen LogP contribution in [-0.2, 0) is 0 Å². The molecule has 0 unspecified atom stereocenters. The molecule has 0 saturated carbocycles. The first-order chi connectivity index (χ1) is 12.3. The van der Waals surface area contributed by atoms with Gasteiger partial charge >= 0.3 is 0 Å². The second-order valence-electron chi connectivity index (χ2n) is 5.39. The summed E-state index contributed by atoms with van der Waals surface area (Å²) >= 11 is 0. The Bertz CT molecular complexity index is 893. The fourth-order valence-corrected chi connectivity index (χ4v) is 2.41. The van der Waals surface area contributed by atoms with E-state index in [1.807, 2.05) is 60.7 Å². The van der Waals surface area contributed by atoms with Crippen LogP contribution < -0.4 is 0 Å². The molecule has 25 heavy (non-hydrogen) atoms. The van der Waals surface area contributed by atoms with E-state index in [9.17, 15) is 9.65 Å². The first kappa shape index (κ1) is 16.4.